The highest BCUT2D eigenvalue weighted by Crippen LogP contribution is 2.40. The van der Waals surface area contributed by atoms with Gasteiger partial charge in [-0.3, -0.25) is 4.79 Å². The summed E-state index contributed by atoms with van der Waals surface area (Å²) in [5.74, 6) is -0.339. The SMILES string of the molecule is CC1CCC(=O)NC1.CCC(C)=C(C(C)=N)C(CC)C(F)(F)CCC(C)CC.Cc1ncc(C(NC(=O)OCc2ccccc2)C2CCCC(C)C2)[nH]1. The highest BCUT2D eigenvalue weighted by molar-refractivity contribution is 5.97. The van der Waals surface area contributed by atoms with Crippen LogP contribution in [0.3, 0.4) is 0 Å². The first-order valence-corrected chi connectivity index (χ1v) is 20.0. The number of allylic oxidation sites excluding steroid dienone is 2. The zero-order valence-corrected chi connectivity index (χ0v) is 34.0. The number of rotatable bonds is 14. The van der Waals surface area contributed by atoms with Crippen LogP contribution in [0.4, 0.5) is 13.6 Å². The molecule has 10 heteroatoms. The third-order valence-electron chi connectivity index (χ3n) is 10.8. The van der Waals surface area contributed by atoms with Gasteiger partial charge in [0.05, 0.1) is 17.9 Å². The summed E-state index contributed by atoms with van der Waals surface area (Å²) in [6, 6.07) is 9.65. The Labute approximate surface area is 318 Å². The van der Waals surface area contributed by atoms with E-state index in [4.69, 9.17) is 10.1 Å². The average molecular weight is 742 g/mol. The fraction of sp³-hybridized carbons (Fsp3) is 0.674. The number of ether oxygens (including phenoxy) is 1. The van der Waals surface area contributed by atoms with Crippen LogP contribution in [0.5, 0.6) is 0 Å². The number of aryl methyl sites for hydroxylation is 1. The van der Waals surface area contributed by atoms with E-state index in [-0.39, 0.29) is 31.1 Å². The molecule has 1 aromatic carbocycles. The molecule has 4 N–H and O–H groups in total. The third kappa shape index (κ3) is 16.1. The first-order valence-electron chi connectivity index (χ1n) is 20.0. The number of H-pyrrole nitrogens is 1. The number of carbonyl (C=O) groups excluding carboxylic acids is 2. The molecule has 1 aliphatic carbocycles. The number of benzene rings is 1. The van der Waals surface area contributed by atoms with Crippen LogP contribution < -0.4 is 10.6 Å². The van der Waals surface area contributed by atoms with Gasteiger partial charge in [0.2, 0.25) is 5.91 Å². The molecule has 1 saturated heterocycles. The number of nitrogens with zero attached hydrogens (tertiary/aromatic N) is 1. The lowest BCUT2D eigenvalue weighted by atomic mass is 9.78. The minimum atomic E-state index is -2.72. The number of hydrogen-bond donors (Lipinski definition) is 4. The van der Waals surface area contributed by atoms with Gasteiger partial charge >= 0.3 is 6.09 Å². The Morgan fingerprint density at radius 1 is 1.08 bits per heavy atom. The molecule has 1 saturated carbocycles. The minimum absolute atomic E-state index is 0.0751. The van der Waals surface area contributed by atoms with Gasteiger partial charge in [-0.25, -0.2) is 18.6 Å². The number of nitrogens with one attached hydrogen (secondary N) is 4. The minimum Gasteiger partial charge on any atom is -0.445 e. The highest BCUT2D eigenvalue weighted by atomic mass is 19.3. The number of carbonyl (C=O) groups is 2. The fourth-order valence-electron chi connectivity index (χ4n) is 7.18. The van der Waals surface area contributed by atoms with Crippen molar-refractivity contribution in [3.63, 3.8) is 0 Å². The monoisotopic (exact) mass is 742 g/mol. The number of halogens is 2. The largest absolute Gasteiger partial charge is 0.445 e. The van der Waals surface area contributed by atoms with Gasteiger partial charge in [-0.05, 0) is 94.1 Å². The summed E-state index contributed by atoms with van der Waals surface area (Å²) in [5, 5.41) is 13.7. The number of aromatic nitrogens is 2. The first-order chi connectivity index (χ1) is 25.1. The molecule has 2 amide bonds. The Morgan fingerprint density at radius 3 is 2.28 bits per heavy atom. The van der Waals surface area contributed by atoms with Gasteiger partial charge < -0.3 is 25.8 Å². The number of piperidine rings is 1. The van der Waals surface area contributed by atoms with Gasteiger partial charge in [0.15, 0.2) is 0 Å². The summed E-state index contributed by atoms with van der Waals surface area (Å²) < 4.78 is 34.5. The summed E-state index contributed by atoms with van der Waals surface area (Å²) in [5.41, 5.74) is 3.74. The average Bonchev–Trinajstić information content (AvgIpc) is 3.58. The second-order valence-electron chi connectivity index (χ2n) is 15.5. The number of aromatic amines is 1. The Hall–Kier alpha value is -3.56. The van der Waals surface area contributed by atoms with Crippen LogP contribution in [0, 0.1) is 41.9 Å². The van der Waals surface area contributed by atoms with Crippen LogP contribution in [0.25, 0.3) is 0 Å². The predicted octanol–water partition coefficient (Wildman–Crippen LogP) is 11.3. The number of amides is 2. The molecule has 2 fully saturated rings. The van der Waals surface area contributed by atoms with Crippen molar-refractivity contribution in [3.8, 4) is 0 Å². The van der Waals surface area contributed by atoms with Crippen molar-refractivity contribution < 1.29 is 23.1 Å². The van der Waals surface area contributed by atoms with Gasteiger partial charge in [0.25, 0.3) is 5.92 Å². The molecule has 6 atom stereocenters. The van der Waals surface area contributed by atoms with E-state index >= 15 is 0 Å². The number of alkyl halides is 2. The molecule has 298 valence electrons. The maximum absolute atomic E-state index is 14.6. The van der Waals surface area contributed by atoms with Crippen molar-refractivity contribution in [1.82, 2.24) is 20.6 Å². The van der Waals surface area contributed by atoms with Gasteiger partial charge in [-0.2, -0.15) is 0 Å². The van der Waals surface area contributed by atoms with Gasteiger partial charge in [-0.1, -0.05) is 96.7 Å². The topological polar surface area (TPSA) is 120 Å². The molecule has 1 aliphatic heterocycles. The van der Waals surface area contributed by atoms with Crippen LogP contribution in [0.15, 0.2) is 47.7 Å². The van der Waals surface area contributed by atoms with E-state index < -0.39 is 11.8 Å². The van der Waals surface area contributed by atoms with E-state index in [1.165, 1.54) is 12.8 Å². The number of alkyl carbamates (subject to hydrolysis) is 1. The third-order valence-corrected chi connectivity index (χ3v) is 10.8. The highest BCUT2D eigenvalue weighted by Gasteiger charge is 2.41. The van der Waals surface area contributed by atoms with Crippen molar-refractivity contribution in [3.05, 3.63) is 64.8 Å². The molecule has 0 bridgehead atoms. The maximum atomic E-state index is 14.6. The number of imidazole rings is 1. The zero-order valence-electron chi connectivity index (χ0n) is 34.0. The van der Waals surface area contributed by atoms with Crippen LogP contribution in [0.2, 0.25) is 0 Å². The fourth-order valence-corrected chi connectivity index (χ4v) is 7.18. The molecule has 6 unspecified atom stereocenters. The molecular formula is C43H69F2N5O3. The molecule has 2 aliphatic rings. The molecule has 2 heterocycles. The molecule has 0 spiro atoms. The lowest BCUT2D eigenvalue weighted by Crippen LogP contribution is -2.36. The summed E-state index contributed by atoms with van der Waals surface area (Å²) in [4.78, 5) is 30.5. The Morgan fingerprint density at radius 2 is 1.77 bits per heavy atom. The Kier molecular flexibility index (Phi) is 20.0. The van der Waals surface area contributed by atoms with E-state index in [2.05, 4.69) is 34.4 Å². The van der Waals surface area contributed by atoms with Gasteiger partial charge in [0.1, 0.15) is 12.4 Å². The van der Waals surface area contributed by atoms with E-state index in [9.17, 15) is 18.4 Å². The van der Waals surface area contributed by atoms with Crippen LogP contribution in [-0.4, -0.2) is 40.1 Å². The smallest absolute Gasteiger partial charge is 0.408 e. The summed E-state index contributed by atoms with van der Waals surface area (Å²) in [6.45, 7) is 18.8. The molecule has 2 aromatic rings. The van der Waals surface area contributed by atoms with Crippen molar-refractivity contribution in [2.24, 2.45) is 29.6 Å². The van der Waals surface area contributed by atoms with Crippen molar-refractivity contribution in [2.75, 3.05) is 6.54 Å². The number of hydrogen-bond acceptors (Lipinski definition) is 5. The maximum Gasteiger partial charge on any atom is 0.408 e. The van der Waals surface area contributed by atoms with Gasteiger partial charge in [0, 0.05) is 31.0 Å². The molecule has 1 aromatic heterocycles. The van der Waals surface area contributed by atoms with Crippen LogP contribution in [0.1, 0.15) is 149 Å². The molecule has 8 nitrogen and oxygen atoms in total. The second-order valence-corrected chi connectivity index (χ2v) is 15.5. The quantitative estimate of drug-likeness (QED) is 0.144. The van der Waals surface area contributed by atoms with Crippen molar-refractivity contribution in [1.29, 1.82) is 5.41 Å². The van der Waals surface area contributed by atoms with Crippen molar-refractivity contribution in [2.45, 2.75) is 152 Å². The Balaban J connectivity index is 0.000000309. The summed E-state index contributed by atoms with van der Waals surface area (Å²) in [6.07, 6.45) is 10.5. The zero-order chi connectivity index (χ0) is 39.6. The second kappa shape index (κ2) is 23.3. The lowest BCUT2D eigenvalue weighted by molar-refractivity contribution is -0.122. The van der Waals surface area contributed by atoms with E-state index in [1.807, 2.05) is 71.1 Å². The lowest BCUT2D eigenvalue weighted by Gasteiger charge is -2.33. The predicted molar refractivity (Wildman–Crippen MR) is 212 cm³/mol. The van der Waals surface area contributed by atoms with Crippen molar-refractivity contribution >= 4 is 17.7 Å². The standard InChI is InChI=1S/C20H27N3O2.C17H31F2N.C6H11NO/c1-14-7-6-10-17(11-14)19(18-12-21-15(2)22-18)23-20(24)25-13-16-8-4-3-5-9-16;1-7-12(4)10-11-17(18,19)15(9-3)16(14(6)20)13(5)8-2;1-5-2-3-6(8)7-4-5/h3-5,8-9,12,14,17,19H,6-7,10-11,13H2,1-2H3,(H,21,22)(H,23,24);12,15,20H,7-11H2,1-6H3;5H,2-4H2,1H3,(H,7,8). The first kappa shape index (κ1) is 45.6. The van der Waals surface area contributed by atoms with E-state index in [0.29, 0.717) is 47.8 Å². The molecular weight excluding hydrogens is 673 g/mol. The van der Waals surface area contributed by atoms with Gasteiger partial charge in [-0.15, -0.1) is 0 Å². The van der Waals surface area contributed by atoms with Crippen LogP contribution >= 0.6 is 0 Å². The summed E-state index contributed by atoms with van der Waals surface area (Å²) in [7, 11) is 0. The van der Waals surface area contributed by atoms with E-state index in [0.717, 1.165) is 67.7 Å². The normalized spacial score (nSPS) is 20.9. The van der Waals surface area contributed by atoms with Crippen LogP contribution in [-0.2, 0) is 16.1 Å². The molecule has 4 rings (SSSR count). The summed E-state index contributed by atoms with van der Waals surface area (Å²) >= 11 is 0. The Bertz CT molecular complexity index is 1420. The van der Waals surface area contributed by atoms with E-state index in [1.54, 1.807) is 13.8 Å². The molecule has 53 heavy (non-hydrogen) atoms. The molecule has 0 radical (unpaired) electrons.